The summed E-state index contributed by atoms with van der Waals surface area (Å²) in [4.78, 5) is 45.2. The minimum Gasteiger partial charge on any atom is -0.465 e. The minimum atomic E-state index is -1.59. The number of rotatable bonds is 6. The van der Waals surface area contributed by atoms with Gasteiger partial charge in [-0.1, -0.05) is 12.1 Å². The maximum Gasteiger partial charge on any atom is 0.324 e. The molecule has 0 N–H and O–H groups in total. The minimum absolute atomic E-state index is 0.0326. The van der Waals surface area contributed by atoms with Crippen molar-refractivity contribution in [3.05, 3.63) is 39.9 Å². The van der Waals surface area contributed by atoms with E-state index in [4.69, 9.17) is 0 Å². The van der Waals surface area contributed by atoms with Gasteiger partial charge in [-0.3, -0.25) is 24.5 Å². The van der Waals surface area contributed by atoms with E-state index in [0.717, 1.165) is 13.0 Å². The lowest BCUT2D eigenvalue weighted by Crippen LogP contribution is -2.32. The molecule has 0 amide bonds. The summed E-state index contributed by atoms with van der Waals surface area (Å²) in [6.07, 6.45) is 0. The standard InChI is InChI=1S/C13H13NO6/c1-3-20-13(17)11(8(2)15)12(16)9-5-4-6-10(7-9)14(18)19/h4-7,11H,3H2,1-2H3. The van der Waals surface area contributed by atoms with Crippen LogP contribution in [-0.2, 0) is 14.3 Å². The van der Waals surface area contributed by atoms with Crippen molar-refractivity contribution in [3.63, 3.8) is 0 Å². The quantitative estimate of drug-likeness (QED) is 0.257. The third-order valence-electron chi connectivity index (χ3n) is 2.53. The average Bonchev–Trinajstić information content (AvgIpc) is 2.38. The Hall–Kier alpha value is -2.57. The number of benzene rings is 1. The highest BCUT2D eigenvalue weighted by Gasteiger charge is 2.33. The average molecular weight is 279 g/mol. The van der Waals surface area contributed by atoms with E-state index in [1.54, 1.807) is 6.92 Å². The van der Waals surface area contributed by atoms with Gasteiger partial charge >= 0.3 is 5.97 Å². The van der Waals surface area contributed by atoms with E-state index >= 15 is 0 Å². The number of Topliss-reactive ketones (excluding diaryl/α,β-unsaturated/α-hetero) is 2. The van der Waals surface area contributed by atoms with E-state index in [0.29, 0.717) is 0 Å². The van der Waals surface area contributed by atoms with Crippen molar-refractivity contribution in [2.45, 2.75) is 13.8 Å². The molecule has 0 radical (unpaired) electrons. The van der Waals surface area contributed by atoms with Crippen LogP contribution in [0.4, 0.5) is 5.69 Å². The SMILES string of the molecule is CCOC(=O)C(C(C)=O)C(=O)c1cccc([N+](=O)[O-])c1. The molecular formula is C13H13NO6. The zero-order chi connectivity index (χ0) is 15.3. The van der Waals surface area contributed by atoms with Crippen LogP contribution in [0.1, 0.15) is 24.2 Å². The number of ether oxygens (including phenoxy) is 1. The molecule has 106 valence electrons. The van der Waals surface area contributed by atoms with E-state index in [2.05, 4.69) is 4.74 Å². The van der Waals surface area contributed by atoms with Gasteiger partial charge in [-0.2, -0.15) is 0 Å². The number of ketones is 2. The Balaban J connectivity index is 3.13. The molecule has 0 aliphatic heterocycles. The molecule has 1 rings (SSSR count). The molecule has 0 fully saturated rings. The fraction of sp³-hybridized carbons (Fsp3) is 0.308. The highest BCUT2D eigenvalue weighted by Crippen LogP contribution is 2.18. The summed E-state index contributed by atoms with van der Waals surface area (Å²) in [5.41, 5.74) is -0.366. The van der Waals surface area contributed by atoms with Crippen LogP contribution < -0.4 is 0 Å². The monoisotopic (exact) mass is 279 g/mol. The molecule has 1 unspecified atom stereocenters. The molecule has 0 aliphatic carbocycles. The van der Waals surface area contributed by atoms with Crippen molar-refractivity contribution in [3.8, 4) is 0 Å². The van der Waals surface area contributed by atoms with E-state index < -0.39 is 28.4 Å². The van der Waals surface area contributed by atoms with E-state index in [1.807, 2.05) is 0 Å². The first-order valence-electron chi connectivity index (χ1n) is 5.84. The van der Waals surface area contributed by atoms with E-state index in [-0.39, 0.29) is 17.9 Å². The zero-order valence-electron chi connectivity index (χ0n) is 11.0. The Bertz CT molecular complexity index is 566. The Morgan fingerprint density at radius 3 is 2.50 bits per heavy atom. The first-order chi connectivity index (χ1) is 9.38. The predicted molar refractivity (Wildman–Crippen MR) is 68.2 cm³/mol. The maximum absolute atomic E-state index is 12.1. The number of esters is 1. The molecule has 0 aromatic heterocycles. The first-order valence-corrected chi connectivity index (χ1v) is 5.84. The molecular weight excluding hydrogens is 266 g/mol. The van der Waals surface area contributed by atoms with Crippen LogP contribution in [0.3, 0.4) is 0 Å². The Kier molecular flexibility index (Phi) is 5.08. The van der Waals surface area contributed by atoms with E-state index in [9.17, 15) is 24.5 Å². The van der Waals surface area contributed by atoms with Gasteiger partial charge in [0, 0.05) is 17.7 Å². The topological polar surface area (TPSA) is 104 Å². The van der Waals surface area contributed by atoms with Crippen molar-refractivity contribution in [1.29, 1.82) is 0 Å². The third-order valence-corrected chi connectivity index (χ3v) is 2.53. The van der Waals surface area contributed by atoms with Crippen LogP contribution in [-0.4, -0.2) is 29.1 Å². The smallest absolute Gasteiger partial charge is 0.324 e. The van der Waals surface area contributed by atoms with Gasteiger partial charge < -0.3 is 4.74 Å². The fourth-order valence-corrected chi connectivity index (χ4v) is 1.62. The number of nitrogens with zero attached hydrogens (tertiary/aromatic N) is 1. The Morgan fingerprint density at radius 1 is 1.35 bits per heavy atom. The molecule has 20 heavy (non-hydrogen) atoms. The van der Waals surface area contributed by atoms with Gasteiger partial charge in [0.1, 0.15) is 0 Å². The molecule has 0 spiro atoms. The summed E-state index contributed by atoms with van der Waals surface area (Å²) in [6, 6.07) is 4.86. The summed E-state index contributed by atoms with van der Waals surface area (Å²) in [5.74, 6) is -4.01. The summed E-state index contributed by atoms with van der Waals surface area (Å²) in [5, 5.41) is 10.7. The van der Waals surface area contributed by atoms with Gasteiger partial charge in [0.2, 0.25) is 0 Å². The van der Waals surface area contributed by atoms with Crippen molar-refractivity contribution in [2.24, 2.45) is 5.92 Å². The summed E-state index contributed by atoms with van der Waals surface area (Å²) < 4.78 is 4.67. The number of hydrogen-bond acceptors (Lipinski definition) is 6. The summed E-state index contributed by atoms with van der Waals surface area (Å²) >= 11 is 0. The Labute approximate surface area is 114 Å². The molecule has 0 aliphatic rings. The molecule has 7 heteroatoms. The lowest BCUT2D eigenvalue weighted by Gasteiger charge is -2.11. The van der Waals surface area contributed by atoms with Crippen molar-refractivity contribution >= 4 is 23.2 Å². The highest BCUT2D eigenvalue weighted by atomic mass is 16.6. The van der Waals surface area contributed by atoms with Gasteiger partial charge in [0.15, 0.2) is 17.5 Å². The molecule has 1 aromatic rings. The number of hydrogen-bond donors (Lipinski definition) is 0. The molecule has 1 aromatic carbocycles. The molecule has 0 saturated carbocycles. The summed E-state index contributed by atoms with van der Waals surface area (Å²) in [6.45, 7) is 2.68. The second kappa shape index (κ2) is 6.55. The van der Waals surface area contributed by atoms with Crippen LogP contribution in [0, 0.1) is 16.0 Å². The second-order valence-electron chi connectivity index (χ2n) is 3.97. The zero-order valence-corrected chi connectivity index (χ0v) is 11.0. The number of carbonyl (C=O) groups is 3. The third kappa shape index (κ3) is 3.47. The summed E-state index contributed by atoms with van der Waals surface area (Å²) in [7, 11) is 0. The number of non-ortho nitro benzene ring substituents is 1. The van der Waals surface area contributed by atoms with Crippen molar-refractivity contribution < 1.29 is 24.0 Å². The lowest BCUT2D eigenvalue weighted by atomic mass is 9.94. The Morgan fingerprint density at radius 2 is 2.00 bits per heavy atom. The molecule has 0 saturated heterocycles. The maximum atomic E-state index is 12.1. The largest absolute Gasteiger partial charge is 0.465 e. The van der Waals surface area contributed by atoms with Gasteiger partial charge in [-0.05, 0) is 13.8 Å². The van der Waals surface area contributed by atoms with Gasteiger partial charge in [0.25, 0.3) is 5.69 Å². The molecule has 0 heterocycles. The fourth-order valence-electron chi connectivity index (χ4n) is 1.62. The lowest BCUT2D eigenvalue weighted by molar-refractivity contribution is -0.384. The van der Waals surface area contributed by atoms with Crippen LogP contribution >= 0.6 is 0 Å². The number of carbonyl (C=O) groups excluding carboxylic acids is 3. The normalized spacial score (nSPS) is 11.5. The van der Waals surface area contributed by atoms with Crippen LogP contribution in [0.15, 0.2) is 24.3 Å². The van der Waals surface area contributed by atoms with E-state index in [1.165, 1.54) is 18.2 Å². The highest BCUT2D eigenvalue weighted by molar-refractivity contribution is 6.22. The van der Waals surface area contributed by atoms with Gasteiger partial charge in [-0.25, -0.2) is 0 Å². The van der Waals surface area contributed by atoms with Crippen LogP contribution in [0.2, 0.25) is 0 Å². The number of nitro groups is 1. The second-order valence-corrected chi connectivity index (χ2v) is 3.97. The van der Waals surface area contributed by atoms with Gasteiger partial charge in [-0.15, -0.1) is 0 Å². The molecule has 1 atom stereocenters. The number of nitro benzene ring substituents is 1. The predicted octanol–water partition coefficient (Wildman–Crippen LogP) is 1.55. The molecule has 0 bridgehead atoms. The van der Waals surface area contributed by atoms with Crippen LogP contribution in [0.25, 0.3) is 0 Å². The first kappa shape index (κ1) is 15.5. The van der Waals surface area contributed by atoms with Crippen molar-refractivity contribution in [1.82, 2.24) is 0 Å². The van der Waals surface area contributed by atoms with Crippen LogP contribution in [0.5, 0.6) is 0 Å². The molecule has 7 nitrogen and oxygen atoms in total. The van der Waals surface area contributed by atoms with Gasteiger partial charge in [0.05, 0.1) is 11.5 Å². The van der Waals surface area contributed by atoms with Crippen molar-refractivity contribution in [2.75, 3.05) is 6.61 Å².